The Morgan fingerprint density at radius 1 is 0.952 bits per heavy atom. The van der Waals surface area contributed by atoms with E-state index in [-0.39, 0.29) is 0 Å². The molecule has 0 fully saturated rings. The molecule has 2 rings (SSSR count). The zero-order valence-electron chi connectivity index (χ0n) is 12.4. The van der Waals surface area contributed by atoms with Crippen molar-refractivity contribution in [1.29, 1.82) is 0 Å². The summed E-state index contributed by atoms with van der Waals surface area (Å²) in [6.07, 6.45) is 1.00. The van der Waals surface area contributed by atoms with Crippen molar-refractivity contribution in [3.63, 3.8) is 0 Å². The van der Waals surface area contributed by atoms with Crippen LogP contribution in [0.1, 0.15) is 24.5 Å². The number of aryl methyl sites for hydroxylation is 2. The normalized spacial score (nSPS) is 10.5. The molecule has 2 aromatic rings. The maximum atomic E-state index is 6.23. The third-order valence-electron chi connectivity index (χ3n) is 2.96. The summed E-state index contributed by atoms with van der Waals surface area (Å²) in [5.41, 5.74) is 3.34. The molecule has 0 amide bonds. The van der Waals surface area contributed by atoms with Gasteiger partial charge in [0.25, 0.3) is 0 Å². The first-order valence-corrected chi connectivity index (χ1v) is 7.70. The number of aromatic nitrogens is 1. The Balaban J connectivity index is 2.30. The number of hydrogen-bond donors (Lipinski definition) is 2. The fourth-order valence-corrected chi connectivity index (χ4v) is 2.58. The fourth-order valence-electron chi connectivity index (χ4n) is 2.11. The lowest BCUT2D eigenvalue weighted by Gasteiger charge is -2.13. The van der Waals surface area contributed by atoms with Crippen molar-refractivity contribution in [2.75, 3.05) is 17.2 Å². The van der Waals surface area contributed by atoms with E-state index in [2.05, 4.69) is 54.6 Å². The van der Waals surface area contributed by atoms with Gasteiger partial charge in [-0.05, 0) is 49.6 Å². The molecule has 1 aromatic carbocycles. The highest BCUT2D eigenvalue weighted by Gasteiger charge is 2.09. The number of hydrogen-bond acceptors (Lipinski definition) is 3. The molecule has 0 bridgehead atoms. The Bertz CT molecular complexity index is 621. The van der Waals surface area contributed by atoms with Crippen LogP contribution in [-0.2, 0) is 0 Å². The molecular formula is C16H19Cl2N3. The number of anilines is 3. The number of benzene rings is 1. The predicted octanol–water partition coefficient (Wildman–Crippen LogP) is 5.57. The van der Waals surface area contributed by atoms with Gasteiger partial charge in [-0.15, -0.1) is 0 Å². The predicted molar refractivity (Wildman–Crippen MR) is 92.2 cm³/mol. The second kappa shape index (κ2) is 7.01. The van der Waals surface area contributed by atoms with E-state index < -0.39 is 0 Å². The minimum atomic E-state index is 0.501. The largest absolute Gasteiger partial charge is 0.369 e. The van der Waals surface area contributed by atoms with Gasteiger partial charge < -0.3 is 10.6 Å². The SMILES string of the molecule is CCCNc1nc(Nc2cc(C)cc(C)c2)c(Cl)cc1Cl. The van der Waals surface area contributed by atoms with Crippen LogP contribution in [0.4, 0.5) is 17.3 Å². The zero-order chi connectivity index (χ0) is 15.4. The van der Waals surface area contributed by atoms with Crippen molar-refractivity contribution in [2.24, 2.45) is 0 Å². The average Bonchev–Trinajstić information content (AvgIpc) is 2.39. The molecule has 2 N–H and O–H groups in total. The number of nitrogens with zero attached hydrogens (tertiary/aromatic N) is 1. The first-order chi connectivity index (χ1) is 9.99. The van der Waals surface area contributed by atoms with Crippen molar-refractivity contribution >= 4 is 40.5 Å². The molecule has 1 heterocycles. The first kappa shape index (κ1) is 15.9. The molecule has 0 aliphatic heterocycles. The molecule has 0 saturated heterocycles. The maximum absolute atomic E-state index is 6.23. The highest BCUT2D eigenvalue weighted by molar-refractivity contribution is 6.37. The zero-order valence-corrected chi connectivity index (χ0v) is 13.9. The molecule has 0 radical (unpaired) electrons. The summed E-state index contributed by atoms with van der Waals surface area (Å²) in [7, 11) is 0. The van der Waals surface area contributed by atoms with Gasteiger partial charge in [-0.3, -0.25) is 0 Å². The van der Waals surface area contributed by atoms with Crippen molar-refractivity contribution in [3.05, 3.63) is 45.4 Å². The lowest BCUT2D eigenvalue weighted by molar-refractivity contribution is 0.970. The molecule has 1 aromatic heterocycles. The topological polar surface area (TPSA) is 37.0 Å². The van der Waals surface area contributed by atoms with Crippen LogP contribution in [0.15, 0.2) is 24.3 Å². The van der Waals surface area contributed by atoms with Crippen LogP contribution >= 0.6 is 23.2 Å². The molecule has 3 nitrogen and oxygen atoms in total. The summed E-state index contributed by atoms with van der Waals surface area (Å²) in [4.78, 5) is 4.48. The van der Waals surface area contributed by atoms with Gasteiger partial charge in [0.1, 0.15) is 5.82 Å². The van der Waals surface area contributed by atoms with Gasteiger partial charge in [-0.1, -0.05) is 36.2 Å². The van der Waals surface area contributed by atoms with Gasteiger partial charge >= 0.3 is 0 Å². The fraction of sp³-hybridized carbons (Fsp3) is 0.312. The monoisotopic (exact) mass is 323 g/mol. The van der Waals surface area contributed by atoms with E-state index in [0.717, 1.165) is 18.7 Å². The van der Waals surface area contributed by atoms with E-state index >= 15 is 0 Å². The van der Waals surface area contributed by atoms with Crippen LogP contribution in [0.25, 0.3) is 0 Å². The van der Waals surface area contributed by atoms with Crippen LogP contribution in [0.2, 0.25) is 10.0 Å². The number of halogens is 2. The van der Waals surface area contributed by atoms with Crippen LogP contribution in [-0.4, -0.2) is 11.5 Å². The second-order valence-corrected chi connectivity index (χ2v) is 5.89. The highest BCUT2D eigenvalue weighted by atomic mass is 35.5. The van der Waals surface area contributed by atoms with Crippen molar-refractivity contribution in [2.45, 2.75) is 27.2 Å². The van der Waals surface area contributed by atoms with Gasteiger partial charge in [0, 0.05) is 12.2 Å². The van der Waals surface area contributed by atoms with Crippen molar-refractivity contribution < 1.29 is 0 Å². The Kier molecular flexibility index (Phi) is 5.32. The Labute approximate surface area is 135 Å². The Morgan fingerprint density at radius 3 is 2.19 bits per heavy atom. The van der Waals surface area contributed by atoms with Crippen molar-refractivity contribution in [3.8, 4) is 0 Å². The molecule has 112 valence electrons. The minimum absolute atomic E-state index is 0.501. The van der Waals surface area contributed by atoms with Gasteiger partial charge in [0.2, 0.25) is 0 Å². The van der Waals surface area contributed by atoms with Gasteiger partial charge in [0.15, 0.2) is 5.82 Å². The lowest BCUT2D eigenvalue weighted by Crippen LogP contribution is -2.05. The van der Waals surface area contributed by atoms with Gasteiger partial charge in [-0.25, -0.2) is 4.98 Å². The molecule has 0 aliphatic carbocycles. The van der Waals surface area contributed by atoms with E-state index in [0.29, 0.717) is 21.7 Å². The first-order valence-electron chi connectivity index (χ1n) is 6.95. The second-order valence-electron chi connectivity index (χ2n) is 5.08. The van der Waals surface area contributed by atoms with Crippen LogP contribution in [0.3, 0.4) is 0 Å². The minimum Gasteiger partial charge on any atom is -0.369 e. The smallest absolute Gasteiger partial charge is 0.151 e. The van der Waals surface area contributed by atoms with E-state index in [1.807, 2.05) is 0 Å². The van der Waals surface area contributed by atoms with Gasteiger partial charge in [0.05, 0.1) is 10.0 Å². The quantitative estimate of drug-likeness (QED) is 0.755. The Morgan fingerprint density at radius 2 is 1.57 bits per heavy atom. The van der Waals surface area contributed by atoms with E-state index in [1.165, 1.54) is 11.1 Å². The molecular weight excluding hydrogens is 305 g/mol. The third-order valence-corrected chi connectivity index (χ3v) is 3.53. The molecule has 0 aliphatic rings. The van der Waals surface area contributed by atoms with E-state index in [4.69, 9.17) is 23.2 Å². The molecule has 21 heavy (non-hydrogen) atoms. The van der Waals surface area contributed by atoms with E-state index in [1.54, 1.807) is 6.07 Å². The van der Waals surface area contributed by atoms with Crippen LogP contribution in [0.5, 0.6) is 0 Å². The average molecular weight is 324 g/mol. The summed E-state index contributed by atoms with van der Waals surface area (Å²) in [5.74, 6) is 1.25. The Hall–Kier alpha value is -1.45. The molecule has 0 spiro atoms. The number of pyridine rings is 1. The standard InChI is InChI=1S/C16H19Cl2N3/c1-4-5-19-15-13(17)9-14(18)16(21-15)20-12-7-10(2)6-11(3)8-12/h6-9H,4-5H2,1-3H3,(H2,19,20,21). The van der Waals surface area contributed by atoms with Crippen LogP contribution in [0, 0.1) is 13.8 Å². The number of rotatable bonds is 5. The highest BCUT2D eigenvalue weighted by Crippen LogP contribution is 2.31. The summed E-state index contributed by atoms with van der Waals surface area (Å²) in [6, 6.07) is 7.94. The summed E-state index contributed by atoms with van der Waals surface area (Å²) >= 11 is 12.4. The van der Waals surface area contributed by atoms with Crippen molar-refractivity contribution in [1.82, 2.24) is 4.98 Å². The molecule has 0 atom stereocenters. The van der Waals surface area contributed by atoms with E-state index in [9.17, 15) is 0 Å². The summed E-state index contributed by atoms with van der Waals surface area (Å²) < 4.78 is 0. The third kappa shape index (κ3) is 4.26. The summed E-state index contributed by atoms with van der Waals surface area (Å²) in [6.45, 7) is 7.02. The molecule has 0 unspecified atom stereocenters. The molecule has 5 heteroatoms. The molecule has 0 saturated carbocycles. The number of nitrogens with one attached hydrogen (secondary N) is 2. The summed E-state index contributed by atoms with van der Waals surface area (Å²) in [5, 5.41) is 7.48. The van der Waals surface area contributed by atoms with Crippen LogP contribution < -0.4 is 10.6 Å². The van der Waals surface area contributed by atoms with Gasteiger partial charge in [-0.2, -0.15) is 0 Å². The maximum Gasteiger partial charge on any atom is 0.151 e. The lowest BCUT2D eigenvalue weighted by atomic mass is 10.1.